The van der Waals surface area contributed by atoms with Crippen molar-refractivity contribution in [1.82, 2.24) is 14.9 Å². The Hall–Kier alpha value is -3.94. The van der Waals surface area contributed by atoms with Crippen LogP contribution in [0.1, 0.15) is 16.8 Å². The molecular weight excluding hydrogens is 422 g/mol. The molecule has 2 aromatic heterocycles. The highest BCUT2D eigenvalue weighted by Crippen LogP contribution is 2.46. The third-order valence-corrected chi connectivity index (χ3v) is 5.96. The van der Waals surface area contributed by atoms with Gasteiger partial charge in [0.2, 0.25) is 5.75 Å². The van der Waals surface area contributed by atoms with Gasteiger partial charge >= 0.3 is 0 Å². The van der Waals surface area contributed by atoms with Crippen molar-refractivity contribution >= 4 is 0 Å². The lowest BCUT2D eigenvalue weighted by atomic mass is 9.92. The summed E-state index contributed by atoms with van der Waals surface area (Å²) in [6.45, 7) is 0.576. The van der Waals surface area contributed by atoms with E-state index in [2.05, 4.69) is 5.16 Å². The van der Waals surface area contributed by atoms with E-state index in [1.54, 1.807) is 34.6 Å². The number of aryl methyl sites for hydroxylation is 2. The van der Waals surface area contributed by atoms with E-state index in [0.29, 0.717) is 23.8 Å². The van der Waals surface area contributed by atoms with Crippen LogP contribution in [-0.4, -0.2) is 43.4 Å². The Morgan fingerprint density at radius 2 is 1.64 bits per heavy atom. The lowest BCUT2D eigenvalue weighted by molar-refractivity contribution is 0.324. The minimum atomic E-state index is 0.541. The second-order valence-corrected chi connectivity index (χ2v) is 7.77. The van der Waals surface area contributed by atoms with Crippen LogP contribution in [0.2, 0.25) is 0 Å². The molecule has 1 aliphatic rings. The third-order valence-electron chi connectivity index (χ3n) is 5.96. The van der Waals surface area contributed by atoms with E-state index in [0.717, 1.165) is 58.0 Å². The molecule has 0 fully saturated rings. The molecule has 0 N–H and O–H groups in total. The standard InChI is InChI=1S/C25H25N3O5/c1-29-18-8-5-15(6-9-18)14-28-23(17-11-20(30-2)25(32-4)21(12-17)31-3)22-19(27-28)10-7-16-13-26-33-24(16)22/h5-6,8-9,11-13H,7,10,14H2,1-4H3. The molecule has 170 valence electrons. The van der Waals surface area contributed by atoms with E-state index in [1.165, 1.54) is 0 Å². The first-order chi connectivity index (χ1) is 16.2. The molecule has 1 aliphatic carbocycles. The van der Waals surface area contributed by atoms with Crippen LogP contribution < -0.4 is 18.9 Å². The topological polar surface area (TPSA) is 80.8 Å². The van der Waals surface area contributed by atoms with Gasteiger partial charge in [0.05, 0.1) is 58.1 Å². The van der Waals surface area contributed by atoms with Gasteiger partial charge in [0.15, 0.2) is 17.3 Å². The average Bonchev–Trinajstić information content (AvgIpc) is 3.47. The van der Waals surface area contributed by atoms with Crippen LogP contribution in [0.4, 0.5) is 0 Å². The fraction of sp³-hybridized carbons (Fsp3) is 0.280. The molecule has 8 nitrogen and oxygen atoms in total. The Morgan fingerprint density at radius 3 is 2.27 bits per heavy atom. The van der Waals surface area contributed by atoms with E-state index in [-0.39, 0.29) is 0 Å². The van der Waals surface area contributed by atoms with Crippen LogP contribution in [0.5, 0.6) is 23.0 Å². The molecule has 0 saturated carbocycles. The van der Waals surface area contributed by atoms with Gasteiger partial charge < -0.3 is 23.5 Å². The fourth-order valence-corrected chi connectivity index (χ4v) is 4.35. The number of nitrogens with zero attached hydrogens (tertiary/aromatic N) is 3. The summed E-state index contributed by atoms with van der Waals surface area (Å²) in [5, 5.41) is 9.03. The fourth-order valence-electron chi connectivity index (χ4n) is 4.35. The van der Waals surface area contributed by atoms with Crippen molar-refractivity contribution in [3.05, 3.63) is 59.4 Å². The van der Waals surface area contributed by atoms with Gasteiger partial charge in [-0.2, -0.15) is 5.10 Å². The molecule has 0 unspecified atom stereocenters. The van der Waals surface area contributed by atoms with E-state index in [1.807, 2.05) is 41.1 Å². The van der Waals surface area contributed by atoms with Crippen molar-refractivity contribution in [2.24, 2.45) is 0 Å². The first-order valence-corrected chi connectivity index (χ1v) is 10.6. The number of methoxy groups -OCH3 is 4. The van der Waals surface area contributed by atoms with Gasteiger partial charge in [-0.25, -0.2) is 0 Å². The highest BCUT2D eigenvalue weighted by atomic mass is 16.5. The number of ether oxygens (including phenoxy) is 4. The molecule has 0 atom stereocenters. The van der Waals surface area contributed by atoms with Crippen LogP contribution in [0.25, 0.3) is 22.6 Å². The molecule has 0 amide bonds. The van der Waals surface area contributed by atoms with Gasteiger partial charge in [0.1, 0.15) is 5.75 Å². The molecule has 33 heavy (non-hydrogen) atoms. The zero-order valence-electron chi connectivity index (χ0n) is 19.0. The van der Waals surface area contributed by atoms with Gasteiger partial charge in [0, 0.05) is 11.1 Å². The van der Waals surface area contributed by atoms with E-state index in [9.17, 15) is 0 Å². The maximum atomic E-state index is 5.69. The van der Waals surface area contributed by atoms with Crippen LogP contribution in [0.3, 0.4) is 0 Å². The second-order valence-electron chi connectivity index (χ2n) is 7.77. The predicted molar refractivity (Wildman–Crippen MR) is 122 cm³/mol. The average molecular weight is 447 g/mol. The van der Waals surface area contributed by atoms with Crippen molar-refractivity contribution in [2.75, 3.05) is 28.4 Å². The van der Waals surface area contributed by atoms with Crippen molar-refractivity contribution in [3.63, 3.8) is 0 Å². The summed E-state index contributed by atoms with van der Waals surface area (Å²) in [5.41, 5.74) is 5.92. The van der Waals surface area contributed by atoms with Crippen molar-refractivity contribution < 1.29 is 23.5 Å². The Balaban J connectivity index is 1.71. The molecule has 0 bridgehead atoms. The van der Waals surface area contributed by atoms with Crippen molar-refractivity contribution in [2.45, 2.75) is 19.4 Å². The monoisotopic (exact) mass is 447 g/mol. The normalized spacial score (nSPS) is 12.1. The predicted octanol–water partition coefficient (Wildman–Crippen LogP) is 4.39. The lowest BCUT2D eigenvalue weighted by Gasteiger charge is -2.16. The van der Waals surface area contributed by atoms with E-state index < -0.39 is 0 Å². The van der Waals surface area contributed by atoms with Crippen molar-refractivity contribution in [1.29, 1.82) is 0 Å². The minimum absolute atomic E-state index is 0.541. The molecule has 5 rings (SSSR count). The number of hydrogen-bond donors (Lipinski definition) is 0. The van der Waals surface area contributed by atoms with Crippen LogP contribution in [0, 0.1) is 0 Å². The van der Waals surface area contributed by atoms with Crippen molar-refractivity contribution in [3.8, 4) is 45.6 Å². The zero-order chi connectivity index (χ0) is 22.9. The van der Waals surface area contributed by atoms with Crippen LogP contribution in [0.15, 0.2) is 47.1 Å². The highest BCUT2D eigenvalue weighted by Gasteiger charge is 2.30. The van der Waals surface area contributed by atoms with Gasteiger partial charge in [-0.3, -0.25) is 4.68 Å². The smallest absolute Gasteiger partial charge is 0.203 e. The zero-order valence-corrected chi connectivity index (χ0v) is 19.0. The summed E-state index contributed by atoms with van der Waals surface area (Å²) in [4.78, 5) is 0. The molecule has 0 spiro atoms. The van der Waals surface area contributed by atoms with Crippen LogP contribution >= 0.6 is 0 Å². The number of aromatic nitrogens is 3. The summed E-state index contributed by atoms with van der Waals surface area (Å²) >= 11 is 0. The van der Waals surface area contributed by atoms with Crippen LogP contribution in [-0.2, 0) is 19.4 Å². The summed E-state index contributed by atoms with van der Waals surface area (Å²) in [7, 11) is 6.48. The minimum Gasteiger partial charge on any atom is -0.497 e. The quantitative estimate of drug-likeness (QED) is 0.416. The Morgan fingerprint density at radius 1 is 0.909 bits per heavy atom. The molecule has 2 aromatic carbocycles. The summed E-state index contributed by atoms with van der Waals surface area (Å²) in [6, 6.07) is 11.9. The first-order valence-electron chi connectivity index (χ1n) is 10.6. The Kier molecular flexibility index (Phi) is 5.42. The molecule has 4 aromatic rings. The highest BCUT2D eigenvalue weighted by molar-refractivity contribution is 5.85. The Labute approximate surface area is 191 Å². The maximum absolute atomic E-state index is 5.69. The molecule has 8 heteroatoms. The van der Waals surface area contributed by atoms with Gasteiger partial charge in [-0.05, 0) is 42.7 Å². The summed E-state index contributed by atoms with van der Waals surface area (Å²) < 4.78 is 29.7. The second kappa shape index (κ2) is 8.54. The molecule has 0 radical (unpaired) electrons. The molecule has 0 aliphatic heterocycles. The Bertz CT molecular complexity index is 1270. The number of benzene rings is 2. The third kappa shape index (κ3) is 3.57. The maximum Gasteiger partial charge on any atom is 0.203 e. The molecule has 0 saturated heterocycles. The van der Waals surface area contributed by atoms with E-state index in [4.69, 9.17) is 28.6 Å². The van der Waals surface area contributed by atoms with Gasteiger partial charge in [-0.15, -0.1) is 0 Å². The number of hydrogen-bond acceptors (Lipinski definition) is 7. The lowest BCUT2D eigenvalue weighted by Crippen LogP contribution is -2.05. The molecule has 2 heterocycles. The molecular formula is C25H25N3O5. The number of fused-ring (bicyclic) bond motifs is 3. The first kappa shape index (κ1) is 20.9. The largest absolute Gasteiger partial charge is 0.497 e. The van der Waals surface area contributed by atoms with Gasteiger partial charge in [0.25, 0.3) is 0 Å². The van der Waals surface area contributed by atoms with E-state index >= 15 is 0 Å². The number of rotatable bonds is 7. The summed E-state index contributed by atoms with van der Waals surface area (Å²) in [6.07, 6.45) is 3.45. The van der Waals surface area contributed by atoms with Gasteiger partial charge in [-0.1, -0.05) is 17.3 Å². The summed E-state index contributed by atoms with van der Waals surface area (Å²) in [5.74, 6) is 3.27. The SMILES string of the molecule is COc1ccc(Cn2nc3c(c2-c2cc(OC)c(OC)c(OC)c2)-c2oncc2CC3)cc1.